The van der Waals surface area contributed by atoms with Crippen LogP contribution < -0.4 is 14.8 Å². The number of nitrogens with one attached hydrogen (secondary N) is 2. The number of aryl methyl sites for hydroxylation is 1. The van der Waals surface area contributed by atoms with E-state index in [1.54, 1.807) is 17.2 Å². The van der Waals surface area contributed by atoms with Gasteiger partial charge in [-0.2, -0.15) is 0 Å². The highest BCUT2D eigenvalue weighted by Crippen LogP contribution is 2.28. The lowest BCUT2D eigenvalue weighted by Crippen LogP contribution is -2.49. The molecule has 0 bridgehead atoms. The molecule has 11 heteroatoms. The number of methoxy groups -OCH3 is 1. The lowest BCUT2D eigenvalue weighted by molar-refractivity contribution is 0.0620. The number of rotatable bonds is 5. The molecule has 1 aromatic carbocycles. The molecule has 1 unspecified atom stereocenters. The van der Waals surface area contributed by atoms with Crippen molar-refractivity contribution in [3.05, 3.63) is 42.0 Å². The Morgan fingerprint density at radius 3 is 2.75 bits per heavy atom. The molecule has 9 nitrogen and oxygen atoms in total. The Morgan fingerprint density at radius 2 is 2.14 bits per heavy atom. The maximum absolute atomic E-state index is 13.2. The highest BCUT2D eigenvalue weighted by atomic mass is 35.5. The summed E-state index contributed by atoms with van der Waals surface area (Å²) in [6.45, 7) is 1.73. The van der Waals surface area contributed by atoms with Crippen LogP contribution in [0.1, 0.15) is 22.2 Å². The van der Waals surface area contributed by atoms with Crippen molar-refractivity contribution in [1.29, 1.82) is 0 Å². The zero-order valence-corrected chi connectivity index (χ0v) is 17.5. The minimum atomic E-state index is -3.77. The van der Waals surface area contributed by atoms with E-state index in [1.807, 2.05) is 17.8 Å². The Balaban J connectivity index is 0.00000280. The Bertz CT molecular complexity index is 947. The summed E-state index contributed by atoms with van der Waals surface area (Å²) in [7, 11) is 0.818. The zero-order chi connectivity index (χ0) is 19.6. The molecule has 1 aliphatic rings. The van der Waals surface area contributed by atoms with Crippen molar-refractivity contribution in [1.82, 2.24) is 24.5 Å². The van der Waals surface area contributed by atoms with Crippen LogP contribution in [-0.2, 0) is 17.1 Å². The van der Waals surface area contributed by atoms with Crippen LogP contribution in [0.3, 0.4) is 0 Å². The van der Waals surface area contributed by atoms with Crippen LogP contribution in [0, 0.1) is 0 Å². The third-order valence-electron chi connectivity index (χ3n) is 4.63. The number of hydrogen-bond donors (Lipinski definition) is 2. The number of amides is 1. The standard InChI is InChI=1S/C17H23N5O4S.ClH/c1-18-27(24,25)15-10-12(4-5-14(15)26-3)17(23)22-9-6-19-11-13(22)16-20-7-8-21(16)2;/h4-5,7-8,10,13,18-19H,6,9,11H2,1-3H3;1H. The number of halogens is 1. The van der Waals surface area contributed by atoms with Crippen LogP contribution in [-0.4, -0.2) is 62.6 Å². The van der Waals surface area contributed by atoms with Gasteiger partial charge in [0.05, 0.1) is 7.11 Å². The van der Waals surface area contributed by atoms with E-state index in [1.165, 1.54) is 26.3 Å². The minimum absolute atomic E-state index is 0. The van der Waals surface area contributed by atoms with Gasteiger partial charge in [-0.05, 0) is 25.2 Å². The molecule has 1 saturated heterocycles. The van der Waals surface area contributed by atoms with Crippen molar-refractivity contribution < 1.29 is 17.9 Å². The van der Waals surface area contributed by atoms with Gasteiger partial charge in [-0.3, -0.25) is 4.79 Å². The van der Waals surface area contributed by atoms with Crippen LogP contribution in [0.2, 0.25) is 0 Å². The molecular weight excluding hydrogens is 406 g/mol. The van der Waals surface area contributed by atoms with E-state index in [2.05, 4.69) is 15.0 Å². The fourth-order valence-corrected chi connectivity index (χ4v) is 4.09. The lowest BCUT2D eigenvalue weighted by atomic mass is 10.1. The Hall–Kier alpha value is -2.14. The van der Waals surface area contributed by atoms with E-state index in [9.17, 15) is 13.2 Å². The van der Waals surface area contributed by atoms with Gasteiger partial charge in [0.1, 0.15) is 22.5 Å². The molecule has 2 aromatic rings. The number of imidazole rings is 1. The normalized spacial score (nSPS) is 17.1. The second-order valence-electron chi connectivity index (χ2n) is 6.19. The van der Waals surface area contributed by atoms with Gasteiger partial charge in [-0.1, -0.05) is 0 Å². The highest BCUT2D eigenvalue weighted by Gasteiger charge is 2.32. The Kier molecular flexibility index (Phi) is 7.05. The molecule has 0 radical (unpaired) electrons. The van der Waals surface area contributed by atoms with Gasteiger partial charge in [-0.25, -0.2) is 18.1 Å². The third kappa shape index (κ3) is 4.14. The smallest absolute Gasteiger partial charge is 0.254 e. The molecular formula is C17H24ClN5O4S. The summed E-state index contributed by atoms with van der Waals surface area (Å²) >= 11 is 0. The second-order valence-corrected chi connectivity index (χ2v) is 8.04. The fourth-order valence-electron chi connectivity index (χ4n) is 3.17. The predicted molar refractivity (Wildman–Crippen MR) is 106 cm³/mol. The number of sulfonamides is 1. The molecule has 0 saturated carbocycles. The molecule has 1 aromatic heterocycles. The number of carbonyl (C=O) groups is 1. The summed E-state index contributed by atoms with van der Waals surface area (Å²) in [6.07, 6.45) is 3.52. The second kappa shape index (κ2) is 8.91. The largest absolute Gasteiger partial charge is 0.495 e. The van der Waals surface area contributed by atoms with Crippen LogP contribution in [0.4, 0.5) is 0 Å². The van der Waals surface area contributed by atoms with E-state index < -0.39 is 10.0 Å². The maximum Gasteiger partial charge on any atom is 0.254 e. The van der Waals surface area contributed by atoms with E-state index in [0.29, 0.717) is 19.6 Å². The Morgan fingerprint density at radius 1 is 1.39 bits per heavy atom. The van der Waals surface area contributed by atoms with E-state index in [4.69, 9.17) is 4.74 Å². The van der Waals surface area contributed by atoms with Gasteiger partial charge in [0, 0.05) is 44.6 Å². The van der Waals surface area contributed by atoms with Gasteiger partial charge >= 0.3 is 0 Å². The van der Waals surface area contributed by atoms with Crippen molar-refractivity contribution in [3.8, 4) is 5.75 Å². The molecule has 3 rings (SSSR count). The molecule has 154 valence electrons. The highest BCUT2D eigenvalue weighted by molar-refractivity contribution is 7.89. The lowest BCUT2D eigenvalue weighted by Gasteiger charge is -2.36. The summed E-state index contributed by atoms with van der Waals surface area (Å²) in [5.74, 6) is 0.702. The molecule has 28 heavy (non-hydrogen) atoms. The first-order chi connectivity index (χ1) is 12.9. The van der Waals surface area contributed by atoms with Gasteiger partial charge < -0.3 is 19.5 Å². The molecule has 1 amide bonds. The first-order valence-corrected chi connectivity index (χ1v) is 9.98. The van der Waals surface area contributed by atoms with Crippen molar-refractivity contribution in [3.63, 3.8) is 0 Å². The van der Waals surface area contributed by atoms with Crippen molar-refractivity contribution in [2.75, 3.05) is 33.8 Å². The van der Waals surface area contributed by atoms with Gasteiger partial charge in [-0.15, -0.1) is 12.4 Å². The summed E-state index contributed by atoms with van der Waals surface area (Å²) < 4.78 is 33.9. The molecule has 0 aliphatic carbocycles. The van der Waals surface area contributed by atoms with Crippen LogP contribution in [0.15, 0.2) is 35.5 Å². The van der Waals surface area contributed by atoms with Crippen molar-refractivity contribution >= 4 is 28.3 Å². The summed E-state index contributed by atoms with van der Waals surface area (Å²) in [4.78, 5) is 19.2. The molecule has 2 N–H and O–H groups in total. The SMILES string of the molecule is CNS(=O)(=O)c1cc(C(=O)N2CCNCC2c2nccn2C)ccc1OC.Cl. The summed E-state index contributed by atoms with van der Waals surface area (Å²) in [5.41, 5.74) is 0.283. The summed E-state index contributed by atoms with van der Waals surface area (Å²) in [6, 6.07) is 4.19. The van der Waals surface area contributed by atoms with Crippen LogP contribution in [0.5, 0.6) is 5.75 Å². The molecule has 1 atom stereocenters. The van der Waals surface area contributed by atoms with Gasteiger partial charge in [0.15, 0.2) is 0 Å². The first-order valence-electron chi connectivity index (χ1n) is 8.49. The van der Waals surface area contributed by atoms with Crippen molar-refractivity contribution in [2.45, 2.75) is 10.9 Å². The molecule has 0 spiro atoms. The number of hydrogen-bond acceptors (Lipinski definition) is 6. The quantitative estimate of drug-likeness (QED) is 0.718. The molecule has 1 fully saturated rings. The number of benzene rings is 1. The number of ether oxygens (including phenoxy) is 1. The fraction of sp³-hybridized carbons (Fsp3) is 0.412. The zero-order valence-electron chi connectivity index (χ0n) is 15.9. The number of piperazine rings is 1. The third-order valence-corrected chi connectivity index (χ3v) is 6.07. The average Bonchev–Trinajstić information content (AvgIpc) is 3.12. The Labute approximate surface area is 170 Å². The minimum Gasteiger partial charge on any atom is -0.495 e. The average molecular weight is 430 g/mol. The monoisotopic (exact) mass is 429 g/mol. The first kappa shape index (κ1) is 22.2. The molecule has 2 heterocycles. The number of aromatic nitrogens is 2. The molecule has 1 aliphatic heterocycles. The number of carbonyl (C=O) groups excluding carboxylic acids is 1. The van der Waals surface area contributed by atoms with Crippen molar-refractivity contribution in [2.24, 2.45) is 7.05 Å². The summed E-state index contributed by atoms with van der Waals surface area (Å²) in [5, 5.41) is 3.28. The van der Waals surface area contributed by atoms with E-state index in [0.717, 1.165) is 5.82 Å². The topological polar surface area (TPSA) is 106 Å². The van der Waals surface area contributed by atoms with Gasteiger partial charge in [0.25, 0.3) is 5.91 Å². The van der Waals surface area contributed by atoms with E-state index >= 15 is 0 Å². The predicted octanol–water partition coefficient (Wildman–Crippen LogP) is 0.545. The maximum atomic E-state index is 13.2. The van der Waals surface area contributed by atoms with Crippen LogP contribution >= 0.6 is 12.4 Å². The van der Waals surface area contributed by atoms with E-state index in [-0.39, 0.29) is 40.6 Å². The van der Waals surface area contributed by atoms with Gasteiger partial charge in [0.2, 0.25) is 10.0 Å². The number of nitrogens with zero attached hydrogens (tertiary/aromatic N) is 3. The van der Waals surface area contributed by atoms with Crippen LogP contribution in [0.25, 0.3) is 0 Å².